The van der Waals surface area contributed by atoms with Crippen LogP contribution in [0.3, 0.4) is 0 Å². The molecule has 5 heteroatoms. The third-order valence-electron chi connectivity index (χ3n) is 5.18. The number of anilines is 3. The van der Waals surface area contributed by atoms with Gasteiger partial charge in [0.05, 0.1) is 20.4 Å². The zero-order valence-electron chi connectivity index (χ0n) is 15.7. The number of pyridine rings is 1. The second-order valence-corrected chi connectivity index (χ2v) is 6.70. The number of methoxy groups -OCH3 is 1. The van der Waals surface area contributed by atoms with Gasteiger partial charge < -0.3 is 9.55 Å². The van der Waals surface area contributed by atoms with Crippen LogP contribution in [-0.2, 0) is 7.05 Å². The van der Waals surface area contributed by atoms with Crippen molar-refractivity contribution in [1.82, 2.24) is 0 Å². The molecule has 2 heterocycles. The number of hydrogen-bond acceptors (Lipinski definition) is 3. The Bertz CT molecular complexity index is 945. The van der Waals surface area contributed by atoms with Crippen molar-refractivity contribution in [2.75, 3.05) is 23.8 Å². The number of nitrogens with zero attached hydrogens (tertiary/aromatic N) is 3. The summed E-state index contributed by atoms with van der Waals surface area (Å²) < 4.78 is 7.77. The number of fused-ring (bicyclic) bond motifs is 1. The van der Waals surface area contributed by atoms with Crippen LogP contribution in [0, 0.1) is 6.92 Å². The van der Waals surface area contributed by atoms with Gasteiger partial charge in [-0.1, -0.05) is 36.4 Å². The summed E-state index contributed by atoms with van der Waals surface area (Å²) in [4.78, 5) is 4.74. The van der Waals surface area contributed by atoms with E-state index < -0.39 is 0 Å². The Morgan fingerprint density at radius 2 is 1.65 bits per heavy atom. The first-order chi connectivity index (χ1) is 12.6. The fourth-order valence-corrected chi connectivity index (χ4v) is 3.91. The van der Waals surface area contributed by atoms with Gasteiger partial charge in [0.25, 0.3) is 5.82 Å². The number of hydrogen-bond donors (Lipinski definition) is 0. The molecule has 0 saturated carbocycles. The number of aryl methyl sites for hydroxylation is 1. The van der Waals surface area contributed by atoms with E-state index in [2.05, 4.69) is 96.0 Å². The second-order valence-electron chi connectivity index (χ2n) is 6.70. The first kappa shape index (κ1) is 16.5. The third kappa shape index (κ3) is 2.43. The van der Waals surface area contributed by atoms with E-state index in [0.717, 1.165) is 17.0 Å². The van der Waals surface area contributed by atoms with E-state index in [1.54, 1.807) is 7.11 Å². The van der Waals surface area contributed by atoms with Gasteiger partial charge in [-0.2, -0.15) is 0 Å². The molecular formula is C21H23BN3O+. The van der Waals surface area contributed by atoms with E-state index in [1.165, 1.54) is 17.0 Å². The molecule has 2 aromatic carbocycles. The highest BCUT2D eigenvalue weighted by atomic mass is 16.5. The summed E-state index contributed by atoms with van der Waals surface area (Å²) in [5.41, 5.74) is 4.77. The van der Waals surface area contributed by atoms with E-state index in [9.17, 15) is 0 Å². The van der Waals surface area contributed by atoms with Crippen molar-refractivity contribution in [2.24, 2.45) is 7.05 Å². The maximum absolute atomic E-state index is 5.58. The lowest BCUT2D eigenvalue weighted by atomic mass is 9.65. The minimum Gasteiger partial charge on any atom is -0.496 e. The van der Waals surface area contributed by atoms with E-state index in [4.69, 9.17) is 4.74 Å². The van der Waals surface area contributed by atoms with Gasteiger partial charge >= 0.3 is 6.98 Å². The van der Waals surface area contributed by atoms with Crippen molar-refractivity contribution in [2.45, 2.75) is 6.92 Å². The maximum atomic E-state index is 5.58. The Kier molecular flexibility index (Phi) is 4.07. The molecule has 0 bridgehead atoms. The van der Waals surface area contributed by atoms with Gasteiger partial charge in [-0.05, 0) is 43.7 Å². The van der Waals surface area contributed by atoms with Gasteiger partial charge in [0.1, 0.15) is 17.1 Å². The summed E-state index contributed by atoms with van der Waals surface area (Å²) in [7, 11) is 5.99. The molecule has 0 unspecified atom stereocenters. The van der Waals surface area contributed by atoms with Gasteiger partial charge in [-0.25, -0.2) is 4.57 Å². The highest BCUT2D eigenvalue weighted by molar-refractivity contribution is 6.82. The van der Waals surface area contributed by atoms with Crippen LogP contribution in [0.4, 0.5) is 17.2 Å². The number of aromatic nitrogens is 1. The topological polar surface area (TPSA) is 19.6 Å². The minimum atomic E-state index is 0.0885. The molecule has 0 fully saturated rings. The van der Waals surface area contributed by atoms with Crippen molar-refractivity contribution in [3.05, 3.63) is 72.4 Å². The summed E-state index contributed by atoms with van der Waals surface area (Å²) in [5.74, 6) is 2.09. The van der Waals surface area contributed by atoms with Gasteiger partial charge in [0, 0.05) is 5.56 Å². The molecule has 130 valence electrons. The maximum Gasteiger partial charge on any atom is 0.537 e. The molecule has 1 aromatic heterocycles. The van der Waals surface area contributed by atoms with Crippen molar-refractivity contribution in [3.63, 3.8) is 0 Å². The summed E-state index contributed by atoms with van der Waals surface area (Å²) in [5, 5.41) is 0. The fraction of sp³-hybridized carbons (Fsp3) is 0.190. The Morgan fingerprint density at radius 1 is 0.923 bits per heavy atom. The molecule has 26 heavy (non-hydrogen) atoms. The Balaban J connectivity index is 1.97. The Hall–Kier alpha value is -2.95. The van der Waals surface area contributed by atoms with Crippen LogP contribution in [-0.4, -0.2) is 21.1 Å². The molecular weight excluding hydrogens is 321 g/mol. The van der Waals surface area contributed by atoms with Crippen LogP contribution >= 0.6 is 0 Å². The zero-order chi connectivity index (χ0) is 18.3. The zero-order valence-corrected chi connectivity index (χ0v) is 15.7. The molecule has 0 amide bonds. The van der Waals surface area contributed by atoms with E-state index in [1.807, 2.05) is 6.07 Å². The molecule has 0 radical (unpaired) electrons. The SMILES string of the molecule is COc1cccc(N2B(c3ccccc3)N(C)c3ccc[n+](C)c32)c1C. The lowest BCUT2D eigenvalue weighted by Crippen LogP contribution is -2.54. The summed E-state index contributed by atoms with van der Waals surface area (Å²) in [6, 6.07) is 21.2. The highest BCUT2D eigenvalue weighted by Gasteiger charge is 2.50. The first-order valence-electron chi connectivity index (χ1n) is 8.82. The van der Waals surface area contributed by atoms with Crippen LogP contribution in [0.1, 0.15) is 5.56 Å². The molecule has 4 rings (SSSR count). The van der Waals surface area contributed by atoms with E-state index in [-0.39, 0.29) is 6.98 Å². The summed E-state index contributed by atoms with van der Waals surface area (Å²) in [6.45, 7) is 2.21. The molecule has 0 saturated heterocycles. The molecule has 4 nitrogen and oxygen atoms in total. The van der Waals surface area contributed by atoms with Crippen molar-refractivity contribution < 1.29 is 9.30 Å². The van der Waals surface area contributed by atoms with Crippen LogP contribution < -0.4 is 24.4 Å². The molecule has 0 atom stereocenters. The Morgan fingerprint density at radius 3 is 2.38 bits per heavy atom. The quantitative estimate of drug-likeness (QED) is 0.538. The number of benzene rings is 2. The monoisotopic (exact) mass is 344 g/mol. The molecule has 3 aromatic rings. The number of rotatable bonds is 3. The van der Waals surface area contributed by atoms with Crippen molar-refractivity contribution in [3.8, 4) is 5.75 Å². The Labute approximate surface area is 155 Å². The van der Waals surface area contributed by atoms with Crippen LogP contribution in [0.5, 0.6) is 5.75 Å². The van der Waals surface area contributed by atoms with Gasteiger partial charge in [-0.3, -0.25) is 4.81 Å². The highest BCUT2D eigenvalue weighted by Crippen LogP contribution is 2.41. The van der Waals surface area contributed by atoms with Crippen molar-refractivity contribution in [1.29, 1.82) is 0 Å². The predicted molar refractivity (Wildman–Crippen MR) is 108 cm³/mol. The number of ether oxygens (including phenoxy) is 1. The van der Waals surface area contributed by atoms with E-state index >= 15 is 0 Å². The van der Waals surface area contributed by atoms with Crippen LogP contribution in [0.25, 0.3) is 0 Å². The molecule has 1 aliphatic heterocycles. The van der Waals surface area contributed by atoms with Crippen LogP contribution in [0.2, 0.25) is 0 Å². The third-order valence-corrected chi connectivity index (χ3v) is 5.18. The fourth-order valence-electron chi connectivity index (χ4n) is 3.91. The molecule has 0 spiro atoms. The second kappa shape index (κ2) is 6.41. The minimum absolute atomic E-state index is 0.0885. The lowest BCUT2D eigenvalue weighted by Gasteiger charge is -2.23. The van der Waals surface area contributed by atoms with Gasteiger partial charge in [-0.15, -0.1) is 0 Å². The first-order valence-corrected chi connectivity index (χ1v) is 8.82. The van der Waals surface area contributed by atoms with Crippen LogP contribution in [0.15, 0.2) is 66.9 Å². The molecule has 1 aliphatic rings. The smallest absolute Gasteiger partial charge is 0.496 e. The van der Waals surface area contributed by atoms with Crippen molar-refractivity contribution >= 4 is 29.6 Å². The van der Waals surface area contributed by atoms with E-state index in [0.29, 0.717) is 0 Å². The van der Waals surface area contributed by atoms with Gasteiger partial charge in [0.15, 0.2) is 0 Å². The summed E-state index contributed by atoms with van der Waals surface area (Å²) >= 11 is 0. The standard InChI is InChI=1S/C21H23BN3O/c1-16-18(12-8-14-20(16)26-4)25-21-19(13-9-15-23(21)2)24(3)22(25)17-10-6-5-7-11-17/h5-15H,1-4H3/q+1. The largest absolute Gasteiger partial charge is 0.537 e. The average molecular weight is 344 g/mol. The normalized spacial score (nSPS) is 13.2. The molecule has 0 aliphatic carbocycles. The van der Waals surface area contributed by atoms with Gasteiger partial charge in [0.2, 0.25) is 0 Å². The average Bonchev–Trinajstić information content (AvgIpc) is 2.96. The lowest BCUT2D eigenvalue weighted by molar-refractivity contribution is -0.657. The molecule has 0 N–H and O–H groups in total. The predicted octanol–water partition coefficient (Wildman–Crippen LogP) is 2.81. The summed E-state index contributed by atoms with van der Waals surface area (Å²) in [6.07, 6.45) is 2.10.